The third kappa shape index (κ3) is 10.4. The third-order valence-electron chi connectivity index (χ3n) is 3.85. The predicted molar refractivity (Wildman–Crippen MR) is 121 cm³/mol. The molecule has 0 atom stereocenters. The first kappa shape index (κ1) is 24.6. The van der Waals surface area contributed by atoms with Gasteiger partial charge in [0.15, 0.2) is 5.96 Å². The van der Waals surface area contributed by atoms with Gasteiger partial charge in [-0.15, -0.1) is 35.3 Å². The van der Waals surface area contributed by atoms with Crippen molar-refractivity contribution in [1.82, 2.24) is 15.5 Å². The van der Waals surface area contributed by atoms with Crippen LogP contribution in [0.3, 0.4) is 0 Å². The molecule has 1 aromatic rings. The maximum absolute atomic E-state index is 5.10. The zero-order chi connectivity index (χ0) is 17.8. The van der Waals surface area contributed by atoms with Crippen LogP contribution in [0.2, 0.25) is 0 Å². The molecule has 0 spiro atoms. The Morgan fingerprint density at radius 1 is 1.32 bits per heavy atom. The van der Waals surface area contributed by atoms with Gasteiger partial charge in [-0.3, -0.25) is 4.99 Å². The summed E-state index contributed by atoms with van der Waals surface area (Å²) >= 11 is 1.80. The Kier molecular flexibility index (Phi) is 13.6. The molecular weight excluding hydrogens is 447 g/mol. The van der Waals surface area contributed by atoms with Crippen LogP contribution < -0.4 is 10.6 Å². The fourth-order valence-electron chi connectivity index (χ4n) is 2.27. The molecule has 0 aliphatic carbocycles. The van der Waals surface area contributed by atoms with Crippen LogP contribution in [-0.4, -0.2) is 64.3 Å². The van der Waals surface area contributed by atoms with E-state index in [0.29, 0.717) is 0 Å². The lowest BCUT2D eigenvalue weighted by Gasteiger charge is -2.22. The number of hydrogen-bond donors (Lipinski definition) is 2. The molecule has 0 aromatic carbocycles. The summed E-state index contributed by atoms with van der Waals surface area (Å²) in [5.41, 5.74) is 0.0664. The number of aliphatic imine (C=N–C) groups is 1. The smallest absolute Gasteiger partial charge is 0.191 e. The lowest BCUT2D eigenvalue weighted by Crippen LogP contribution is -2.39. The van der Waals surface area contributed by atoms with Crippen LogP contribution in [0, 0.1) is 0 Å². The van der Waals surface area contributed by atoms with Crippen LogP contribution in [-0.2, 0) is 10.2 Å². The Morgan fingerprint density at radius 3 is 2.68 bits per heavy atom. The fourth-order valence-corrected chi connectivity index (χ4v) is 3.12. The van der Waals surface area contributed by atoms with Crippen molar-refractivity contribution in [3.8, 4) is 0 Å². The molecule has 146 valence electrons. The minimum atomic E-state index is 0. The van der Waals surface area contributed by atoms with Crippen molar-refractivity contribution < 1.29 is 4.74 Å². The lowest BCUT2D eigenvalue weighted by atomic mass is 9.92. The van der Waals surface area contributed by atoms with E-state index in [4.69, 9.17) is 9.73 Å². The summed E-state index contributed by atoms with van der Waals surface area (Å²) in [5.74, 6) is 0.904. The van der Waals surface area contributed by atoms with E-state index < -0.39 is 0 Å². The Balaban J connectivity index is 0.00000576. The number of rotatable bonds is 11. The summed E-state index contributed by atoms with van der Waals surface area (Å²) < 4.78 is 5.10. The zero-order valence-electron chi connectivity index (χ0n) is 16.3. The van der Waals surface area contributed by atoms with Crippen molar-refractivity contribution in [2.24, 2.45) is 4.99 Å². The third-order valence-corrected chi connectivity index (χ3v) is 5.09. The number of hydrogen-bond acceptors (Lipinski definition) is 4. The molecule has 0 bridgehead atoms. The molecule has 0 radical (unpaired) electrons. The number of halogens is 1. The Hall–Kier alpha value is -0.380. The summed E-state index contributed by atoms with van der Waals surface area (Å²) in [4.78, 5) is 8.44. The van der Waals surface area contributed by atoms with Crippen LogP contribution in [0.1, 0.15) is 32.1 Å². The van der Waals surface area contributed by atoms with E-state index in [1.54, 1.807) is 18.4 Å². The highest BCUT2D eigenvalue weighted by Crippen LogP contribution is 2.27. The first-order valence-electron chi connectivity index (χ1n) is 8.73. The molecule has 25 heavy (non-hydrogen) atoms. The van der Waals surface area contributed by atoms with E-state index in [2.05, 4.69) is 60.9 Å². The second-order valence-corrected chi connectivity index (χ2v) is 7.58. The summed E-state index contributed by atoms with van der Waals surface area (Å²) in [6, 6.07) is 4.30. The van der Waals surface area contributed by atoms with E-state index >= 15 is 0 Å². The van der Waals surface area contributed by atoms with Crippen LogP contribution in [0.15, 0.2) is 22.5 Å². The number of nitrogens with one attached hydrogen (secondary N) is 2. The van der Waals surface area contributed by atoms with Gasteiger partial charge in [0.1, 0.15) is 0 Å². The van der Waals surface area contributed by atoms with Gasteiger partial charge in [0.25, 0.3) is 0 Å². The van der Waals surface area contributed by atoms with Gasteiger partial charge < -0.3 is 20.3 Å². The van der Waals surface area contributed by atoms with Gasteiger partial charge in [-0.25, -0.2) is 0 Å². The SMILES string of the molecule is CCNC(=NCC(C)(C)c1cccs1)NCCCN(C)CCOC.I. The summed E-state index contributed by atoms with van der Waals surface area (Å²) in [6.07, 6.45) is 1.08. The quantitative estimate of drug-likeness (QED) is 0.220. The molecule has 1 rings (SSSR count). The minimum absolute atomic E-state index is 0. The van der Waals surface area contributed by atoms with Gasteiger partial charge in [-0.1, -0.05) is 19.9 Å². The standard InChI is InChI=1S/C18H34N4OS.HI/c1-6-19-17(20-10-8-11-22(4)12-13-23-5)21-15-18(2,3)16-9-7-14-24-16;/h7,9,14H,6,8,10-13,15H2,1-5H3,(H2,19,20,21);1H. The Morgan fingerprint density at radius 2 is 2.08 bits per heavy atom. The van der Waals surface area contributed by atoms with Crippen molar-refractivity contribution in [2.45, 2.75) is 32.6 Å². The summed E-state index contributed by atoms with van der Waals surface area (Å²) in [6.45, 7) is 12.0. The van der Waals surface area contributed by atoms with Crippen LogP contribution in [0.5, 0.6) is 0 Å². The average Bonchev–Trinajstić information content (AvgIpc) is 3.10. The molecule has 0 aliphatic heterocycles. The van der Waals surface area contributed by atoms with Crippen molar-refractivity contribution >= 4 is 41.3 Å². The highest BCUT2D eigenvalue weighted by molar-refractivity contribution is 14.0. The monoisotopic (exact) mass is 482 g/mol. The van der Waals surface area contributed by atoms with Gasteiger partial charge in [0.05, 0.1) is 13.2 Å². The topological polar surface area (TPSA) is 48.9 Å². The second kappa shape index (κ2) is 13.8. The molecule has 7 heteroatoms. The molecule has 0 saturated heterocycles. The molecular formula is C18H35IN4OS. The van der Waals surface area contributed by atoms with E-state index in [1.807, 2.05) is 0 Å². The first-order valence-corrected chi connectivity index (χ1v) is 9.61. The number of methoxy groups -OCH3 is 1. The summed E-state index contributed by atoms with van der Waals surface area (Å²) in [7, 11) is 3.87. The fraction of sp³-hybridized carbons (Fsp3) is 0.722. The number of guanidine groups is 1. The molecule has 1 heterocycles. The largest absolute Gasteiger partial charge is 0.383 e. The van der Waals surface area contributed by atoms with E-state index in [-0.39, 0.29) is 29.4 Å². The van der Waals surface area contributed by atoms with Crippen molar-refractivity contribution in [2.75, 3.05) is 53.5 Å². The van der Waals surface area contributed by atoms with Crippen LogP contribution in [0.4, 0.5) is 0 Å². The average molecular weight is 482 g/mol. The predicted octanol–water partition coefficient (Wildman–Crippen LogP) is 3.17. The first-order chi connectivity index (χ1) is 11.5. The maximum atomic E-state index is 5.10. The van der Waals surface area contributed by atoms with Gasteiger partial charge in [0.2, 0.25) is 0 Å². The van der Waals surface area contributed by atoms with Crippen molar-refractivity contribution in [3.05, 3.63) is 22.4 Å². The highest BCUT2D eigenvalue weighted by Gasteiger charge is 2.21. The van der Waals surface area contributed by atoms with Crippen molar-refractivity contribution in [1.29, 1.82) is 0 Å². The molecule has 0 amide bonds. The zero-order valence-corrected chi connectivity index (χ0v) is 19.4. The molecule has 1 aromatic heterocycles. The molecule has 0 fully saturated rings. The summed E-state index contributed by atoms with van der Waals surface area (Å²) in [5, 5.41) is 8.90. The number of likely N-dealkylation sites (N-methyl/N-ethyl adjacent to an activating group) is 1. The van der Waals surface area contributed by atoms with Crippen LogP contribution in [0.25, 0.3) is 0 Å². The molecule has 2 N–H and O–H groups in total. The van der Waals surface area contributed by atoms with Gasteiger partial charge in [-0.05, 0) is 38.4 Å². The van der Waals surface area contributed by atoms with Crippen LogP contribution >= 0.6 is 35.3 Å². The normalized spacial score (nSPS) is 12.2. The molecule has 0 aliphatic rings. The van der Waals surface area contributed by atoms with Gasteiger partial charge in [0, 0.05) is 37.0 Å². The highest BCUT2D eigenvalue weighted by atomic mass is 127. The Labute approximate surface area is 174 Å². The van der Waals surface area contributed by atoms with Crippen molar-refractivity contribution in [3.63, 3.8) is 0 Å². The number of nitrogens with zero attached hydrogens (tertiary/aromatic N) is 2. The van der Waals surface area contributed by atoms with Gasteiger partial charge in [-0.2, -0.15) is 0 Å². The minimum Gasteiger partial charge on any atom is -0.383 e. The molecule has 5 nitrogen and oxygen atoms in total. The number of thiophene rings is 1. The van der Waals surface area contributed by atoms with E-state index in [1.165, 1.54) is 4.88 Å². The maximum Gasteiger partial charge on any atom is 0.191 e. The molecule has 0 saturated carbocycles. The lowest BCUT2D eigenvalue weighted by molar-refractivity contribution is 0.161. The van der Waals surface area contributed by atoms with E-state index in [0.717, 1.165) is 51.7 Å². The molecule has 0 unspecified atom stereocenters. The second-order valence-electron chi connectivity index (χ2n) is 6.63. The van der Waals surface area contributed by atoms with E-state index in [9.17, 15) is 0 Å². The van der Waals surface area contributed by atoms with Gasteiger partial charge >= 0.3 is 0 Å². The Bertz CT molecular complexity index is 466. The number of ether oxygens (including phenoxy) is 1.